The average Bonchev–Trinajstić information content (AvgIpc) is 2.94. The van der Waals surface area contributed by atoms with Gasteiger partial charge in [0.2, 0.25) is 0 Å². The minimum absolute atomic E-state index is 0.0626. The zero-order valence-electron chi connectivity index (χ0n) is 15.3. The van der Waals surface area contributed by atoms with E-state index in [0.29, 0.717) is 12.0 Å². The SMILES string of the molecule is CO[C@H]1CC[C@@H](Cn2c(=O)n(C3=CCCCC3)c3ncc(Br)cc32)CC1. The van der Waals surface area contributed by atoms with Crippen molar-refractivity contribution in [2.24, 2.45) is 5.92 Å². The second-order valence-corrected chi connectivity index (χ2v) is 8.46. The van der Waals surface area contributed by atoms with Crippen molar-refractivity contribution in [1.82, 2.24) is 14.1 Å². The number of aromatic nitrogens is 3. The number of hydrogen-bond acceptors (Lipinski definition) is 3. The van der Waals surface area contributed by atoms with Crippen molar-refractivity contribution in [2.45, 2.75) is 64.0 Å². The van der Waals surface area contributed by atoms with E-state index in [2.05, 4.69) is 27.0 Å². The molecule has 2 aliphatic carbocycles. The molecule has 0 aromatic carbocycles. The summed E-state index contributed by atoms with van der Waals surface area (Å²) in [5, 5.41) is 0. The van der Waals surface area contributed by atoms with Crippen molar-refractivity contribution < 1.29 is 4.74 Å². The summed E-state index contributed by atoms with van der Waals surface area (Å²) in [5.41, 5.74) is 2.90. The Bertz CT molecular complexity index is 875. The van der Waals surface area contributed by atoms with Gasteiger partial charge in [0.25, 0.3) is 0 Å². The van der Waals surface area contributed by atoms with E-state index in [1.54, 1.807) is 13.3 Å². The molecule has 0 bridgehead atoms. The van der Waals surface area contributed by atoms with Gasteiger partial charge in [-0.05, 0) is 79.3 Å². The molecular weight excluding hydrogens is 394 g/mol. The molecule has 2 aliphatic rings. The lowest BCUT2D eigenvalue weighted by molar-refractivity contribution is 0.0542. The molecule has 1 fully saturated rings. The van der Waals surface area contributed by atoms with Crippen LogP contribution >= 0.6 is 15.9 Å². The fraction of sp³-hybridized carbons (Fsp3) is 0.600. The maximum atomic E-state index is 13.3. The van der Waals surface area contributed by atoms with Gasteiger partial charge >= 0.3 is 5.69 Å². The van der Waals surface area contributed by atoms with Crippen LogP contribution in [0.15, 0.2) is 27.6 Å². The quantitative estimate of drug-likeness (QED) is 0.728. The van der Waals surface area contributed by atoms with E-state index in [9.17, 15) is 4.79 Å². The molecule has 140 valence electrons. The molecule has 0 amide bonds. The maximum Gasteiger partial charge on any atom is 0.334 e. The molecule has 2 heterocycles. The number of ether oxygens (including phenoxy) is 1. The first-order chi connectivity index (χ1) is 12.7. The van der Waals surface area contributed by atoms with E-state index in [4.69, 9.17) is 4.74 Å². The molecule has 0 saturated heterocycles. The fourth-order valence-corrected chi connectivity index (χ4v) is 4.69. The van der Waals surface area contributed by atoms with Gasteiger partial charge in [0.15, 0.2) is 5.65 Å². The Morgan fingerprint density at radius 3 is 2.77 bits per heavy atom. The van der Waals surface area contributed by atoms with Crippen LogP contribution in [-0.4, -0.2) is 27.3 Å². The summed E-state index contributed by atoms with van der Waals surface area (Å²) >= 11 is 3.52. The highest BCUT2D eigenvalue weighted by Crippen LogP contribution is 2.29. The van der Waals surface area contributed by atoms with Crippen molar-refractivity contribution in [3.05, 3.63) is 33.3 Å². The highest BCUT2D eigenvalue weighted by molar-refractivity contribution is 9.10. The van der Waals surface area contributed by atoms with E-state index in [-0.39, 0.29) is 5.69 Å². The van der Waals surface area contributed by atoms with Crippen LogP contribution in [0.2, 0.25) is 0 Å². The molecule has 4 rings (SSSR count). The molecular formula is C20H26BrN3O2. The highest BCUT2D eigenvalue weighted by Gasteiger charge is 2.24. The first kappa shape index (κ1) is 18.0. The molecule has 0 atom stereocenters. The third-order valence-electron chi connectivity index (χ3n) is 5.86. The normalized spacial score (nSPS) is 24.0. The molecule has 0 aliphatic heterocycles. The van der Waals surface area contributed by atoms with E-state index in [1.165, 1.54) is 6.42 Å². The molecule has 0 spiro atoms. The van der Waals surface area contributed by atoms with Gasteiger partial charge in [-0.25, -0.2) is 14.3 Å². The highest BCUT2D eigenvalue weighted by atomic mass is 79.9. The zero-order valence-corrected chi connectivity index (χ0v) is 16.9. The van der Waals surface area contributed by atoms with Crippen LogP contribution in [0.3, 0.4) is 0 Å². The van der Waals surface area contributed by atoms with Gasteiger partial charge in [0.1, 0.15) is 0 Å². The van der Waals surface area contributed by atoms with E-state index < -0.39 is 0 Å². The zero-order chi connectivity index (χ0) is 18.1. The first-order valence-corrected chi connectivity index (χ1v) is 10.5. The first-order valence-electron chi connectivity index (χ1n) is 9.66. The number of fused-ring (bicyclic) bond motifs is 1. The minimum Gasteiger partial charge on any atom is -0.381 e. The summed E-state index contributed by atoms with van der Waals surface area (Å²) in [6.07, 6.45) is 13.1. The number of nitrogens with zero attached hydrogens (tertiary/aromatic N) is 3. The topological polar surface area (TPSA) is 49.0 Å². The lowest BCUT2D eigenvalue weighted by atomic mass is 9.87. The Balaban J connectivity index is 1.72. The Morgan fingerprint density at radius 2 is 2.08 bits per heavy atom. The molecule has 0 N–H and O–H groups in total. The summed E-state index contributed by atoms with van der Waals surface area (Å²) < 4.78 is 10.2. The fourth-order valence-electron chi connectivity index (χ4n) is 4.37. The standard InChI is InChI=1S/C20H26BrN3O2/c1-26-17-9-7-14(8-10-17)13-23-18-11-15(21)12-22-19(18)24(20(23)25)16-5-3-2-4-6-16/h5,11-12,14,17H,2-4,6-10,13H2,1H3/t14-,17+. The van der Waals surface area contributed by atoms with Crippen molar-refractivity contribution in [2.75, 3.05) is 7.11 Å². The summed E-state index contributed by atoms with van der Waals surface area (Å²) in [6, 6.07) is 2.03. The summed E-state index contributed by atoms with van der Waals surface area (Å²) in [4.78, 5) is 17.9. The Hall–Kier alpha value is -1.40. The number of pyridine rings is 1. The third-order valence-corrected chi connectivity index (χ3v) is 6.29. The van der Waals surface area contributed by atoms with Gasteiger partial charge in [-0.15, -0.1) is 0 Å². The number of halogens is 1. The molecule has 6 heteroatoms. The van der Waals surface area contributed by atoms with E-state index in [1.807, 2.05) is 15.2 Å². The van der Waals surface area contributed by atoms with E-state index in [0.717, 1.165) is 72.8 Å². The van der Waals surface area contributed by atoms with Gasteiger partial charge in [-0.2, -0.15) is 0 Å². The number of imidazole rings is 1. The van der Waals surface area contributed by atoms with Gasteiger partial charge < -0.3 is 4.74 Å². The monoisotopic (exact) mass is 419 g/mol. The molecule has 2 aromatic rings. The van der Waals surface area contributed by atoms with Crippen LogP contribution in [0, 0.1) is 5.92 Å². The second kappa shape index (κ2) is 7.69. The molecule has 26 heavy (non-hydrogen) atoms. The summed E-state index contributed by atoms with van der Waals surface area (Å²) in [6.45, 7) is 0.768. The molecule has 0 radical (unpaired) electrons. The molecule has 1 saturated carbocycles. The van der Waals surface area contributed by atoms with Crippen molar-refractivity contribution in [3.8, 4) is 0 Å². The lowest BCUT2D eigenvalue weighted by Crippen LogP contribution is -2.29. The molecule has 2 aromatic heterocycles. The predicted molar refractivity (Wildman–Crippen MR) is 107 cm³/mol. The predicted octanol–water partition coefficient (Wildman–Crippen LogP) is 4.58. The Morgan fingerprint density at radius 1 is 1.27 bits per heavy atom. The van der Waals surface area contributed by atoms with Crippen LogP contribution in [0.5, 0.6) is 0 Å². The minimum atomic E-state index is 0.0626. The van der Waals surface area contributed by atoms with Crippen LogP contribution in [0.1, 0.15) is 51.4 Å². The van der Waals surface area contributed by atoms with Crippen LogP contribution < -0.4 is 5.69 Å². The number of rotatable bonds is 4. The Kier molecular flexibility index (Phi) is 5.32. The summed E-state index contributed by atoms with van der Waals surface area (Å²) in [5.74, 6) is 0.525. The number of allylic oxidation sites excluding steroid dienone is 2. The lowest BCUT2D eigenvalue weighted by Gasteiger charge is -2.27. The van der Waals surface area contributed by atoms with Gasteiger partial charge in [0.05, 0.1) is 11.6 Å². The van der Waals surface area contributed by atoms with Crippen molar-refractivity contribution in [3.63, 3.8) is 0 Å². The molecule has 0 unspecified atom stereocenters. The van der Waals surface area contributed by atoms with Crippen LogP contribution in [0.4, 0.5) is 0 Å². The van der Waals surface area contributed by atoms with E-state index >= 15 is 0 Å². The van der Waals surface area contributed by atoms with Crippen LogP contribution in [0.25, 0.3) is 16.9 Å². The average molecular weight is 420 g/mol. The largest absolute Gasteiger partial charge is 0.381 e. The number of methoxy groups -OCH3 is 1. The third kappa shape index (κ3) is 3.41. The summed E-state index contributed by atoms with van der Waals surface area (Å²) in [7, 11) is 1.80. The molecule has 5 nitrogen and oxygen atoms in total. The van der Waals surface area contributed by atoms with Crippen molar-refractivity contribution in [1.29, 1.82) is 0 Å². The van der Waals surface area contributed by atoms with Gasteiger partial charge in [-0.1, -0.05) is 6.08 Å². The van der Waals surface area contributed by atoms with Gasteiger partial charge in [0, 0.05) is 30.0 Å². The maximum absolute atomic E-state index is 13.3. The smallest absolute Gasteiger partial charge is 0.334 e. The van der Waals surface area contributed by atoms with Crippen molar-refractivity contribution >= 4 is 32.8 Å². The second-order valence-electron chi connectivity index (χ2n) is 7.54. The number of hydrogen-bond donors (Lipinski definition) is 0. The van der Waals surface area contributed by atoms with Crippen LogP contribution in [-0.2, 0) is 11.3 Å². The van der Waals surface area contributed by atoms with Gasteiger partial charge in [-0.3, -0.25) is 4.57 Å². The Labute approximate surface area is 162 Å².